The molecule has 7 heteroatoms. The summed E-state index contributed by atoms with van der Waals surface area (Å²) >= 11 is 0. The van der Waals surface area contributed by atoms with Gasteiger partial charge in [0.2, 0.25) is 5.91 Å². The highest BCUT2D eigenvalue weighted by Gasteiger charge is 2.12. The SMILES string of the molecule is CN(Cc1ccc(N(C)C)cc1)C(=O)CCn1nnc2ccccc2c1=O. The summed E-state index contributed by atoms with van der Waals surface area (Å²) in [6, 6.07) is 15.1. The molecule has 3 aromatic rings. The molecule has 0 aliphatic heterocycles. The summed E-state index contributed by atoms with van der Waals surface area (Å²) in [5.74, 6) is -0.0476. The Hall–Kier alpha value is -3.22. The van der Waals surface area contributed by atoms with Crippen molar-refractivity contribution in [3.8, 4) is 0 Å². The Morgan fingerprint density at radius 3 is 2.44 bits per heavy atom. The van der Waals surface area contributed by atoms with E-state index in [2.05, 4.69) is 10.3 Å². The first-order chi connectivity index (χ1) is 13.0. The van der Waals surface area contributed by atoms with Crippen molar-refractivity contribution in [3.63, 3.8) is 0 Å². The molecule has 0 saturated carbocycles. The Labute approximate surface area is 157 Å². The van der Waals surface area contributed by atoms with Gasteiger partial charge in [-0.3, -0.25) is 9.59 Å². The molecule has 140 valence electrons. The van der Waals surface area contributed by atoms with E-state index in [1.807, 2.05) is 49.3 Å². The van der Waals surface area contributed by atoms with E-state index in [-0.39, 0.29) is 24.4 Å². The molecule has 0 spiro atoms. The number of amides is 1. The Bertz CT molecular complexity index is 995. The van der Waals surface area contributed by atoms with E-state index < -0.39 is 0 Å². The van der Waals surface area contributed by atoms with Crippen LogP contribution in [0.15, 0.2) is 53.3 Å². The van der Waals surface area contributed by atoms with E-state index in [1.54, 1.807) is 30.1 Å². The zero-order valence-corrected chi connectivity index (χ0v) is 15.8. The minimum atomic E-state index is -0.227. The molecule has 3 rings (SSSR count). The molecule has 0 aliphatic carbocycles. The normalized spacial score (nSPS) is 10.8. The molecule has 1 amide bonds. The van der Waals surface area contributed by atoms with Crippen LogP contribution in [0, 0.1) is 0 Å². The van der Waals surface area contributed by atoms with Crippen LogP contribution in [0.1, 0.15) is 12.0 Å². The zero-order chi connectivity index (χ0) is 19.4. The molecule has 27 heavy (non-hydrogen) atoms. The van der Waals surface area contributed by atoms with Crippen LogP contribution in [0.4, 0.5) is 5.69 Å². The Morgan fingerprint density at radius 2 is 1.74 bits per heavy atom. The second kappa shape index (κ2) is 7.99. The number of aromatic nitrogens is 3. The number of fused-ring (bicyclic) bond motifs is 1. The van der Waals surface area contributed by atoms with Crippen LogP contribution in [-0.4, -0.2) is 46.9 Å². The zero-order valence-electron chi connectivity index (χ0n) is 15.8. The predicted octanol–water partition coefficient (Wildman–Crippen LogP) is 1.91. The summed E-state index contributed by atoms with van der Waals surface area (Å²) in [4.78, 5) is 28.5. The Morgan fingerprint density at radius 1 is 1.04 bits per heavy atom. The van der Waals surface area contributed by atoms with Crippen LogP contribution in [0.2, 0.25) is 0 Å². The topological polar surface area (TPSA) is 71.3 Å². The van der Waals surface area contributed by atoms with Gasteiger partial charge in [0.25, 0.3) is 5.56 Å². The number of hydrogen-bond acceptors (Lipinski definition) is 5. The van der Waals surface area contributed by atoms with E-state index >= 15 is 0 Å². The third-order valence-corrected chi connectivity index (χ3v) is 4.47. The monoisotopic (exact) mass is 365 g/mol. The Kier molecular flexibility index (Phi) is 5.49. The first kappa shape index (κ1) is 18.6. The van der Waals surface area contributed by atoms with Crippen molar-refractivity contribution in [2.75, 3.05) is 26.0 Å². The number of rotatable bonds is 6. The average molecular weight is 365 g/mol. The van der Waals surface area contributed by atoms with Gasteiger partial charge in [-0.05, 0) is 29.8 Å². The fourth-order valence-corrected chi connectivity index (χ4v) is 2.82. The van der Waals surface area contributed by atoms with Gasteiger partial charge in [-0.15, -0.1) is 5.10 Å². The fourth-order valence-electron chi connectivity index (χ4n) is 2.82. The van der Waals surface area contributed by atoms with Crippen molar-refractivity contribution in [2.45, 2.75) is 19.5 Å². The number of aryl methyl sites for hydroxylation is 1. The minimum absolute atomic E-state index is 0.0476. The van der Waals surface area contributed by atoms with E-state index in [4.69, 9.17) is 0 Å². The van der Waals surface area contributed by atoms with Crippen LogP contribution < -0.4 is 10.5 Å². The highest BCUT2D eigenvalue weighted by atomic mass is 16.2. The number of carbonyl (C=O) groups excluding carboxylic acids is 1. The number of benzene rings is 2. The maximum Gasteiger partial charge on any atom is 0.277 e. The second-order valence-corrected chi connectivity index (χ2v) is 6.70. The Balaban J connectivity index is 1.62. The van der Waals surface area contributed by atoms with Gasteiger partial charge >= 0.3 is 0 Å². The van der Waals surface area contributed by atoms with Crippen molar-refractivity contribution in [1.29, 1.82) is 0 Å². The number of hydrogen-bond donors (Lipinski definition) is 0. The van der Waals surface area contributed by atoms with Gasteiger partial charge in [0, 0.05) is 39.8 Å². The summed E-state index contributed by atoms with van der Waals surface area (Å²) in [5.41, 5.74) is 2.50. The van der Waals surface area contributed by atoms with Crippen molar-refractivity contribution in [2.24, 2.45) is 0 Å². The van der Waals surface area contributed by atoms with Crippen molar-refractivity contribution in [3.05, 3.63) is 64.4 Å². The summed E-state index contributed by atoms with van der Waals surface area (Å²) in [5, 5.41) is 8.47. The summed E-state index contributed by atoms with van der Waals surface area (Å²) in [6.45, 7) is 0.726. The minimum Gasteiger partial charge on any atom is -0.378 e. The lowest BCUT2D eigenvalue weighted by Gasteiger charge is -2.18. The molecule has 0 bridgehead atoms. The molecule has 0 aliphatic rings. The van der Waals surface area contributed by atoms with Crippen LogP contribution in [0.3, 0.4) is 0 Å². The first-order valence-corrected chi connectivity index (χ1v) is 8.78. The average Bonchev–Trinajstić information content (AvgIpc) is 2.67. The van der Waals surface area contributed by atoms with E-state index in [0.717, 1.165) is 11.3 Å². The lowest BCUT2D eigenvalue weighted by Crippen LogP contribution is -2.30. The molecule has 0 N–H and O–H groups in total. The van der Waals surface area contributed by atoms with Crippen molar-refractivity contribution in [1.82, 2.24) is 19.9 Å². The van der Waals surface area contributed by atoms with Gasteiger partial charge in [-0.1, -0.05) is 29.5 Å². The molecule has 0 saturated heterocycles. The third-order valence-electron chi connectivity index (χ3n) is 4.47. The van der Waals surface area contributed by atoms with E-state index in [0.29, 0.717) is 17.4 Å². The van der Waals surface area contributed by atoms with Crippen LogP contribution in [0.25, 0.3) is 10.9 Å². The van der Waals surface area contributed by atoms with Gasteiger partial charge in [0.15, 0.2) is 0 Å². The van der Waals surface area contributed by atoms with E-state index in [9.17, 15) is 9.59 Å². The molecule has 0 fully saturated rings. The molecule has 0 unspecified atom stereocenters. The van der Waals surface area contributed by atoms with Gasteiger partial charge in [-0.25, -0.2) is 4.68 Å². The second-order valence-electron chi connectivity index (χ2n) is 6.70. The standard InChI is InChI=1S/C20H23N5O2/c1-23(2)16-10-8-15(9-11-16)14-24(3)19(26)12-13-25-20(27)17-6-4-5-7-18(17)21-22-25/h4-11H,12-14H2,1-3H3. The molecular weight excluding hydrogens is 342 g/mol. The summed E-state index contributed by atoms with van der Waals surface area (Å²) in [7, 11) is 5.74. The van der Waals surface area contributed by atoms with Gasteiger partial charge < -0.3 is 9.80 Å². The maximum absolute atomic E-state index is 12.4. The predicted molar refractivity (Wildman–Crippen MR) is 106 cm³/mol. The highest BCUT2D eigenvalue weighted by molar-refractivity contribution is 5.77. The quantitative estimate of drug-likeness (QED) is 0.667. The molecule has 1 aromatic heterocycles. The highest BCUT2D eigenvalue weighted by Crippen LogP contribution is 2.13. The van der Waals surface area contributed by atoms with Gasteiger partial charge in [-0.2, -0.15) is 0 Å². The van der Waals surface area contributed by atoms with Gasteiger partial charge in [0.1, 0.15) is 5.52 Å². The molecular formula is C20H23N5O2. The molecule has 7 nitrogen and oxygen atoms in total. The molecule has 1 heterocycles. The smallest absolute Gasteiger partial charge is 0.277 e. The van der Waals surface area contributed by atoms with Crippen molar-refractivity contribution < 1.29 is 4.79 Å². The third kappa shape index (κ3) is 4.31. The lowest BCUT2D eigenvalue weighted by molar-refractivity contribution is -0.130. The summed E-state index contributed by atoms with van der Waals surface area (Å²) in [6.07, 6.45) is 0.194. The largest absolute Gasteiger partial charge is 0.378 e. The molecule has 2 aromatic carbocycles. The van der Waals surface area contributed by atoms with Crippen LogP contribution in [-0.2, 0) is 17.9 Å². The van der Waals surface area contributed by atoms with Crippen molar-refractivity contribution >= 4 is 22.5 Å². The van der Waals surface area contributed by atoms with Gasteiger partial charge in [0.05, 0.1) is 11.9 Å². The number of nitrogens with zero attached hydrogens (tertiary/aromatic N) is 5. The maximum atomic E-state index is 12.4. The lowest BCUT2D eigenvalue weighted by atomic mass is 10.2. The molecule has 0 atom stereocenters. The van der Waals surface area contributed by atoms with Crippen LogP contribution >= 0.6 is 0 Å². The van der Waals surface area contributed by atoms with E-state index in [1.165, 1.54) is 4.68 Å². The number of anilines is 1. The first-order valence-electron chi connectivity index (χ1n) is 8.78. The molecule has 0 radical (unpaired) electrons. The van der Waals surface area contributed by atoms with Crippen LogP contribution in [0.5, 0.6) is 0 Å². The number of carbonyl (C=O) groups is 1. The summed E-state index contributed by atoms with van der Waals surface area (Å²) < 4.78 is 1.25. The fraction of sp³-hybridized carbons (Fsp3) is 0.300.